The van der Waals surface area contributed by atoms with Gasteiger partial charge in [0.25, 0.3) is 21.5 Å². The standard InChI is InChI=1S/C31H25F2N7O8S/c1-39-11-8-26(41)40(30(39)46)25-7-2-17(15-35-25)12-24(28(43)44)37-27(42)20-13-22(33)23(14-21(20)32)38-49(47,48)19-5-3-18(4-6-19)36-29(45)31(16-34)9-10-31/h2-8,11,13-15,24,38H,9-10,12H2,1H3,(H,36,45)(H,37,42)(H,43,44)/t24-/m0/s1. The predicted octanol–water partition coefficient (Wildman–Crippen LogP) is 1.68. The number of carbonyl (C=O) groups excluding carboxylic acids is 2. The second-order valence-electron chi connectivity index (χ2n) is 11.1. The van der Waals surface area contributed by atoms with Gasteiger partial charge in [-0.2, -0.15) is 5.26 Å². The van der Waals surface area contributed by atoms with Gasteiger partial charge in [0.05, 0.1) is 22.2 Å². The molecule has 2 heterocycles. The molecule has 0 spiro atoms. The first-order valence-electron chi connectivity index (χ1n) is 14.3. The second-order valence-corrected chi connectivity index (χ2v) is 12.7. The fourth-order valence-corrected chi connectivity index (χ4v) is 5.66. The summed E-state index contributed by atoms with van der Waals surface area (Å²) in [5.74, 6) is -6.13. The van der Waals surface area contributed by atoms with E-state index in [1.165, 1.54) is 43.7 Å². The van der Waals surface area contributed by atoms with Crippen LogP contribution in [0.1, 0.15) is 28.8 Å². The van der Waals surface area contributed by atoms with Crippen LogP contribution in [0.4, 0.5) is 20.2 Å². The minimum absolute atomic E-state index is 0.0389. The number of hydrogen-bond donors (Lipinski definition) is 4. The van der Waals surface area contributed by atoms with Crippen LogP contribution in [0.15, 0.2) is 81.5 Å². The highest BCUT2D eigenvalue weighted by Gasteiger charge is 2.50. The molecule has 18 heteroatoms. The molecule has 0 unspecified atom stereocenters. The van der Waals surface area contributed by atoms with Crippen LogP contribution < -0.4 is 26.6 Å². The van der Waals surface area contributed by atoms with E-state index < -0.39 is 73.4 Å². The molecular formula is C31H25F2N7O8S. The molecule has 252 valence electrons. The summed E-state index contributed by atoms with van der Waals surface area (Å²) in [5, 5.41) is 23.4. The fraction of sp³-hybridized carbons (Fsp3) is 0.194. The molecule has 4 aromatic rings. The number of hydrogen-bond acceptors (Lipinski definition) is 9. The molecule has 2 aromatic carbocycles. The number of aromatic nitrogens is 3. The fourth-order valence-electron chi connectivity index (χ4n) is 4.60. The maximum atomic E-state index is 15.0. The highest BCUT2D eigenvalue weighted by Crippen LogP contribution is 2.45. The minimum Gasteiger partial charge on any atom is -0.480 e. The number of pyridine rings is 1. The summed E-state index contributed by atoms with van der Waals surface area (Å²) in [5.41, 5.74) is -3.72. The number of aliphatic carboxylic acids is 1. The van der Waals surface area contributed by atoms with Crippen LogP contribution in [0, 0.1) is 28.4 Å². The maximum Gasteiger partial charge on any atom is 0.336 e. The molecule has 1 atom stereocenters. The number of aryl methyl sites for hydroxylation is 1. The van der Waals surface area contributed by atoms with Crippen LogP contribution in [0.25, 0.3) is 5.82 Å². The van der Waals surface area contributed by atoms with E-state index in [4.69, 9.17) is 5.26 Å². The van der Waals surface area contributed by atoms with Crippen molar-refractivity contribution < 1.29 is 36.7 Å². The smallest absolute Gasteiger partial charge is 0.336 e. The monoisotopic (exact) mass is 693 g/mol. The quantitative estimate of drug-likeness (QED) is 0.178. The van der Waals surface area contributed by atoms with Gasteiger partial charge in [0, 0.05) is 43.7 Å². The molecule has 0 aliphatic heterocycles. The topological polar surface area (TPSA) is 222 Å². The predicted molar refractivity (Wildman–Crippen MR) is 167 cm³/mol. The number of benzene rings is 2. The van der Waals surface area contributed by atoms with Gasteiger partial charge in [-0.25, -0.2) is 36.3 Å². The lowest BCUT2D eigenvalue weighted by Gasteiger charge is -2.16. The van der Waals surface area contributed by atoms with E-state index in [0.717, 1.165) is 27.3 Å². The van der Waals surface area contributed by atoms with Crippen molar-refractivity contribution in [2.24, 2.45) is 12.5 Å². The van der Waals surface area contributed by atoms with Crippen molar-refractivity contribution >= 4 is 39.2 Å². The number of carboxylic acids is 1. The SMILES string of the molecule is Cn1ccc(=O)n(-c2ccc(C[C@H](NC(=O)c3cc(F)c(NS(=O)(=O)c4ccc(NC(=O)C5(C#N)CC5)cc4)cc3F)C(=O)O)cn2)c1=O. The normalized spacial score (nSPS) is 13.8. The number of nitrogens with one attached hydrogen (secondary N) is 3. The Labute approximate surface area is 275 Å². The van der Waals surface area contributed by atoms with Crippen molar-refractivity contribution in [3.63, 3.8) is 0 Å². The first-order chi connectivity index (χ1) is 23.1. The van der Waals surface area contributed by atoms with E-state index in [2.05, 4.69) is 15.6 Å². The number of nitriles is 1. The lowest BCUT2D eigenvalue weighted by molar-refractivity contribution is -0.139. The molecule has 49 heavy (non-hydrogen) atoms. The largest absolute Gasteiger partial charge is 0.480 e. The van der Waals surface area contributed by atoms with Crippen molar-refractivity contribution in [3.8, 4) is 11.9 Å². The average molecular weight is 694 g/mol. The average Bonchev–Trinajstić information content (AvgIpc) is 3.87. The molecule has 0 bridgehead atoms. The molecule has 0 radical (unpaired) electrons. The van der Waals surface area contributed by atoms with Gasteiger partial charge in [0.2, 0.25) is 5.91 Å². The van der Waals surface area contributed by atoms with E-state index >= 15 is 4.39 Å². The number of carboxylic acid groups (broad SMARTS) is 1. The van der Waals surface area contributed by atoms with Gasteiger partial charge in [0.1, 0.15) is 28.9 Å². The second kappa shape index (κ2) is 13.1. The zero-order valence-electron chi connectivity index (χ0n) is 25.3. The Bertz CT molecular complexity index is 2260. The molecule has 4 N–H and O–H groups in total. The number of rotatable bonds is 11. The Morgan fingerprint density at radius 3 is 2.35 bits per heavy atom. The van der Waals surface area contributed by atoms with Crippen LogP contribution in [0.2, 0.25) is 0 Å². The molecule has 1 aliphatic rings. The molecule has 1 aliphatic carbocycles. The molecule has 1 fully saturated rings. The zero-order chi connectivity index (χ0) is 35.7. The van der Waals surface area contributed by atoms with E-state index in [1.54, 1.807) is 0 Å². The van der Waals surface area contributed by atoms with Crippen LogP contribution in [0.3, 0.4) is 0 Å². The summed E-state index contributed by atoms with van der Waals surface area (Å²) in [7, 11) is -3.06. The third-order valence-electron chi connectivity index (χ3n) is 7.60. The third-order valence-corrected chi connectivity index (χ3v) is 8.98. The van der Waals surface area contributed by atoms with E-state index in [0.29, 0.717) is 25.0 Å². The highest BCUT2D eigenvalue weighted by molar-refractivity contribution is 7.92. The number of nitrogens with zero attached hydrogens (tertiary/aromatic N) is 4. The summed E-state index contributed by atoms with van der Waals surface area (Å²) in [4.78, 5) is 65.1. The molecular weight excluding hydrogens is 668 g/mol. The molecule has 5 rings (SSSR count). The number of carbonyl (C=O) groups is 3. The first-order valence-corrected chi connectivity index (χ1v) is 15.7. The van der Waals surface area contributed by atoms with E-state index in [9.17, 15) is 41.9 Å². The van der Waals surface area contributed by atoms with Crippen molar-refractivity contribution in [2.45, 2.75) is 30.2 Å². The van der Waals surface area contributed by atoms with E-state index in [-0.39, 0.29) is 28.4 Å². The van der Waals surface area contributed by atoms with Gasteiger partial charge in [-0.3, -0.25) is 19.1 Å². The molecule has 2 amide bonds. The summed E-state index contributed by atoms with van der Waals surface area (Å²) >= 11 is 0. The number of amides is 2. The van der Waals surface area contributed by atoms with Crippen molar-refractivity contribution in [1.82, 2.24) is 19.4 Å². The maximum absolute atomic E-state index is 15.0. The Morgan fingerprint density at radius 2 is 1.76 bits per heavy atom. The summed E-state index contributed by atoms with van der Waals surface area (Å²) in [6, 6.07) is 9.60. The minimum atomic E-state index is -4.49. The summed E-state index contributed by atoms with van der Waals surface area (Å²) in [6.45, 7) is 0. The lowest BCUT2D eigenvalue weighted by Crippen LogP contribution is -2.42. The van der Waals surface area contributed by atoms with E-state index in [1.807, 2.05) is 10.8 Å². The molecule has 2 aromatic heterocycles. The summed E-state index contributed by atoms with van der Waals surface area (Å²) < 4.78 is 59.5. The van der Waals surface area contributed by atoms with Crippen LogP contribution in [0.5, 0.6) is 0 Å². The van der Waals surface area contributed by atoms with Crippen LogP contribution in [-0.2, 0) is 33.1 Å². The molecule has 15 nitrogen and oxygen atoms in total. The Morgan fingerprint density at radius 1 is 1.06 bits per heavy atom. The number of anilines is 2. The van der Waals surface area contributed by atoms with Gasteiger partial charge < -0.3 is 20.3 Å². The van der Waals surface area contributed by atoms with Gasteiger partial charge in [-0.1, -0.05) is 6.07 Å². The summed E-state index contributed by atoms with van der Waals surface area (Å²) in [6.07, 6.45) is 2.90. The van der Waals surface area contributed by atoms with Gasteiger partial charge in [-0.05, 0) is 54.8 Å². The van der Waals surface area contributed by atoms with Gasteiger partial charge >= 0.3 is 11.7 Å². The molecule has 1 saturated carbocycles. The van der Waals surface area contributed by atoms with Gasteiger partial charge in [0.15, 0.2) is 0 Å². The van der Waals surface area contributed by atoms with Crippen LogP contribution in [-0.4, -0.2) is 51.5 Å². The van der Waals surface area contributed by atoms with Crippen molar-refractivity contribution in [2.75, 3.05) is 10.0 Å². The number of halogens is 2. The van der Waals surface area contributed by atoms with Crippen molar-refractivity contribution in [3.05, 3.63) is 111 Å². The Balaban J connectivity index is 1.26. The lowest BCUT2D eigenvalue weighted by atomic mass is 10.1. The third kappa shape index (κ3) is 7.21. The molecule has 0 saturated heterocycles. The van der Waals surface area contributed by atoms with Gasteiger partial charge in [-0.15, -0.1) is 0 Å². The Hall–Kier alpha value is -6.22. The Kier molecular flexibility index (Phi) is 9.13. The first kappa shape index (κ1) is 34.1. The zero-order valence-corrected chi connectivity index (χ0v) is 26.1. The highest BCUT2D eigenvalue weighted by atomic mass is 32.2. The number of sulfonamides is 1. The van der Waals surface area contributed by atoms with Crippen LogP contribution >= 0.6 is 0 Å². The van der Waals surface area contributed by atoms with Crippen molar-refractivity contribution in [1.29, 1.82) is 5.26 Å².